The number of hydrogen-bond acceptors (Lipinski definition) is 2. The number of rotatable bonds is 1. The molecule has 3 nitrogen and oxygen atoms in total. The van der Waals surface area contributed by atoms with Gasteiger partial charge in [0.1, 0.15) is 5.82 Å². The van der Waals surface area contributed by atoms with Gasteiger partial charge in [-0.3, -0.25) is 4.57 Å². The van der Waals surface area contributed by atoms with E-state index in [1.54, 1.807) is 41.0 Å². The summed E-state index contributed by atoms with van der Waals surface area (Å²) in [7, 11) is 0. The standard InChI is InChI=1S/C13H9ClFN3/c14-8-5-6-10-12(7-8)18(13(16)17-10)11-4-2-1-3-9(11)15/h1-7H,(H2,16,17). The molecule has 0 atom stereocenters. The molecule has 0 fully saturated rings. The van der Waals surface area contributed by atoms with Crippen LogP contribution < -0.4 is 5.73 Å². The number of benzene rings is 2. The largest absolute Gasteiger partial charge is 0.369 e. The first kappa shape index (κ1) is 11.0. The number of para-hydroxylation sites is 1. The average molecular weight is 262 g/mol. The molecule has 5 heteroatoms. The first-order valence-corrected chi connectivity index (χ1v) is 5.73. The lowest BCUT2D eigenvalue weighted by Gasteiger charge is -2.07. The lowest BCUT2D eigenvalue weighted by atomic mass is 10.2. The van der Waals surface area contributed by atoms with Crippen molar-refractivity contribution in [3.05, 3.63) is 53.3 Å². The van der Waals surface area contributed by atoms with Gasteiger partial charge >= 0.3 is 0 Å². The van der Waals surface area contributed by atoms with E-state index in [1.165, 1.54) is 6.07 Å². The van der Waals surface area contributed by atoms with Gasteiger partial charge in [0.05, 0.1) is 16.7 Å². The van der Waals surface area contributed by atoms with E-state index in [2.05, 4.69) is 4.98 Å². The number of anilines is 1. The summed E-state index contributed by atoms with van der Waals surface area (Å²) in [6.07, 6.45) is 0. The Morgan fingerprint density at radius 3 is 2.72 bits per heavy atom. The van der Waals surface area contributed by atoms with Crippen LogP contribution in [0.15, 0.2) is 42.5 Å². The van der Waals surface area contributed by atoms with Gasteiger partial charge in [-0.05, 0) is 30.3 Å². The number of imidazole rings is 1. The van der Waals surface area contributed by atoms with Gasteiger partial charge < -0.3 is 5.73 Å². The van der Waals surface area contributed by atoms with Crippen molar-refractivity contribution < 1.29 is 4.39 Å². The van der Waals surface area contributed by atoms with Crippen LogP contribution >= 0.6 is 11.6 Å². The Bertz CT molecular complexity index is 736. The molecule has 3 rings (SSSR count). The van der Waals surface area contributed by atoms with E-state index in [0.29, 0.717) is 21.7 Å². The molecule has 0 unspecified atom stereocenters. The second-order valence-electron chi connectivity index (χ2n) is 3.89. The number of fused-ring (bicyclic) bond motifs is 1. The Labute approximate surface area is 108 Å². The zero-order valence-corrected chi connectivity index (χ0v) is 10.0. The highest BCUT2D eigenvalue weighted by Gasteiger charge is 2.13. The van der Waals surface area contributed by atoms with Crippen LogP contribution in [0.5, 0.6) is 0 Å². The number of aromatic nitrogens is 2. The molecule has 90 valence electrons. The Morgan fingerprint density at radius 1 is 1.17 bits per heavy atom. The van der Waals surface area contributed by atoms with Crippen LogP contribution in [0.2, 0.25) is 5.02 Å². The molecule has 1 heterocycles. The molecular formula is C13H9ClFN3. The number of nitrogens with two attached hydrogens (primary N) is 1. The highest BCUT2D eigenvalue weighted by atomic mass is 35.5. The summed E-state index contributed by atoms with van der Waals surface area (Å²) < 4.78 is 15.4. The molecule has 2 aromatic carbocycles. The Kier molecular flexibility index (Phi) is 2.45. The Hall–Kier alpha value is -2.07. The summed E-state index contributed by atoms with van der Waals surface area (Å²) in [6.45, 7) is 0. The van der Waals surface area contributed by atoms with Gasteiger partial charge in [0.15, 0.2) is 0 Å². The predicted molar refractivity (Wildman–Crippen MR) is 70.5 cm³/mol. The maximum Gasteiger partial charge on any atom is 0.206 e. The monoisotopic (exact) mass is 261 g/mol. The maximum absolute atomic E-state index is 13.8. The van der Waals surface area contributed by atoms with Crippen molar-refractivity contribution in [2.75, 3.05) is 5.73 Å². The van der Waals surface area contributed by atoms with Crippen molar-refractivity contribution in [2.24, 2.45) is 0 Å². The number of hydrogen-bond donors (Lipinski definition) is 1. The molecule has 18 heavy (non-hydrogen) atoms. The Balaban J connectivity index is 2.38. The van der Waals surface area contributed by atoms with Gasteiger partial charge in [-0.1, -0.05) is 23.7 Å². The van der Waals surface area contributed by atoms with Crippen molar-refractivity contribution in [3.8, 4) is 5.69 Å². The summed E-state index contributed by atoms with van der Waals surface area (Å²) in [5.74, 6) is -0.124. The molecule has 0 radical (unpaired) electrons. The molecule has 3 aromatic rings. The highest BCUT2D eigenvalue weighted by molar-refractivity contribution is 6.31. The van der Waals surface area contributed by atoms with E-state index >= 15 is 0 Å². The fourth-order valence-electron chi connectivity index (χ4n) is 1.95. The summed E-state index contributed by atoms with van der Waals surface area (Å²) in [5.41, 5.74) is 7.57. The summed E-state index contributed by atoms with van der Waals surface area (Å²) in [6, 6.07) is 11.6. The van der Waals surface area contributed by atoms with Crippen LogP contribution in [-0.4, -0.2) is 9.55 Å². The van der Waals surface area contributed by atoms with Crippen molar-refractivity contribution in [1.82, 2.24) is 9.55 Å². The van der Waals surface area contributed by atoms with E-state index < -0.39 is 0 Å². The van der Waals surface area contributed by atoms with Crippen molar-refractivity contribution in [1.29, 1.82) is 0 Å². The van der Waals surface area contributed by atoms with E-state index in [4.69, 9.17) is 17.3 Å². The Morgan fingerprint density at radius 2 is 1.94 bits per heavy atom. The van der Waals surface area contributed by atoms with Gasteiger partial charge in [-0.25, -0.2) is 9.37 Å². The quantitative estimate of drug-likeness (QED) is 0.730. The zero-order valence-electron chi connectivity index (χ0n) is 9.27. The van der Waals surface area contributed by atoms with Gasteiger partial charge in [0.2, 0.25) is 5.95 Å². The molecule has 0 amide bonds. The number of halogens is 2. The van der Waals surface area contributed by atoms with Crippen LogP contribution in [-0.2, 0) is 0 Å². The molecule has 0 saturated heterocycles. The molecule has 0 spiro atoms. The van der Waals surface area contributed by atoms with E-state index in [9.17, 15) is 4.39 Å². The maximum atomic E-state index is 13.8. The average Bonchev–Trinajstić information content (AvgIpc) is 2.66. The molecular weight excluding hydrogens is 253 g/mol. The van der Waals surface area contributed by atoms with Crippen molar-refractivity contribution >= 4 is 28.6 Å². The molecule has 0 aliphatic carbocycles. The van der Waals surface area contributed by atoms with Crippen LogP contribution in [0.25, 0.3) is 16.7 Å². The summed E-state index contributed by atoms with van der Waals surface area (Å²) >= 11 is 5.95. The third-order valence-corrected chi connectivity index (χ3v) is 2.97. The SMILES string of the molecule is Nc1nc2ccc(Cl)cc2n1-c1ccccc1F. The molecule has 0 aliphatic heterocycles. The second-order valence-corrected chi connectivity index (χ2v) is 4.33. The fourth-order valence-corrected chi connectivity index (χ4v) is 2.12. The van der Waals surface area contributed by atoms with Gasteiger partial charge in [-0.15, -0.1) is 0 Å². The van der Waals surface area contributed by atoms with Crippen LogP contribution in [0.4, 0.5) is 10.3 Å². The lowest BCUT2D eigenvalue weighted by Crippen LogP contribution is -2.02. The molecule has 0 saturated carbocycles. The van der Waals surface area contributed by atoms with Crippen LogP contribution in [0.3, 0.4) is 0 Å². The third-order valence-electron chi connectivity index (χ3n) is 2.74. The minimum atomic E-state index is -0.358. The van der Waals surface area contributed by atoms with Crippen LogP contribution in [0.1, 0.15) is 0 Å². The predicted octanol–water partition coefficient (Wildman–Crippen LogP) is 3.40. The minimum Gasteiger partial charge on any atom is -0.369 e. The second kappa shape index (κ2) is 3.99. The molecule has 2 N–H and O–H groups in total. The molecule has 1 aromatic heterocycles. The first-order chi connectivity index (χ1) is 8.66. The normalized spacial score (nSPS) is 11.0. The fraction of sp³-hybridized carbons (Fsp3) is 0. The van der Waals surface area contributed by atoms with Crippen molar-refractivity contribution in [3.63, 3.8) is 0 Å². The number of nitrogens with zero attached hydrogens (tertiary/aromatic N) is 2. The van der Waals surface area contributed by atoms with Crippen LogP contribution in [0, 0.1) is 5.82 Å². The summed E-state index contributed by atoms with van der Waals surface area (Å²) in [4.78, 5) is 4.19. The lowest BCUT2D eigenvalue weighted by molar-refractivity contribution is 0.620. The molecule has 0 bridgehead atoms. The minimum absolute atomic E-state index is 0.234. The smallest absolute Gasteiger partial charge is 0.206 e. The van der Waals surface area contributed by atoms with Gasteiger partial charge in [0.25, 0.3) is 0 Å². The van der Waals surface area contributed by atoms with E-state index in [-0.39, 0.29) is 11.8 Å². The van der Waals surface area contributed by atoms with Gasteiger partial charge in [0, 0.05) is 5.02 Å². The van der Waals surface area contributed by atoms with E-state index in [1.807, 2.05) is 0 Å². The third kappa shape index (κ3) is 1.62. The highest BCUT2D eigenvalue weighted by Crippen LogP contribution is 2.26. The summed E-state index contributed by atoms with van der Waals surface area (Å²) in [5, 5.41) is 0.556. The first-order valence-electron chi connectivity index (χ1n) is 5.35. The molecule has 0 aliphatic rings. The number of nitrogen functional groups attached to an aromatic ring is 1. The zero-order chi connectivity index (χ0) is 12.7. The topological polar surface area (TPSA) is 43.8 Å². The van der Waals surface area contributed by atoms with Crippen molar-refractivity contribution in [2.45, 2.75) is 0 Å². The van der Waals surface area contributed by atoms with E-state index in [0.717, 1.165) is 0 Å². The van der Waals surface area contributed by atoms with Gasteiger partial charge in [-0.2, -0.15) is 0 Å².